The third-order valence-corrected chi connectivity index (χ3v) is 6.90. The number of hydrogen-bond donors (Lipinski definition) is 1. The van der Waals surface area contributed by atoms with Crippen molar-refractivity contribution in [3.05, 3.63) is 75.8 Å². The molecule has 3 aromatic carbocycles. The van der Waals surface area contributed by atoms with Gasteiger partial charge in [0.2, 0.25) is 5.13 Å². The Hall–Kier alpha value is -2.32. The minimum Gasteiger partial charge on any atom is -0.494 e. The minimum absolute atomic E-state index is 0.263. The zero-order valence-corrected chi connectivity index (χ0v) is 18.8. The summed E-state index contributed by atoms with van der Waals surface area (Å²) in [5, 5.41) is 14.3. The fraction of sp³-hybridized carbons (Fsp3) is 0.0952. The number of rotatable bonds is 6. The lowest BCUT2D eigenvalue weighted by molar-refractivity contribution is 0.102. The first kappa shape index (κ1) is 20.9. The molecule has 0 fully saturated rings. The van der Waals surface area contributed by atoms with Crippen LogP contribution in [0.1, 0.15) is 15.9 Å². The van der Waals surface area contributed by atoms with E-state index in [4.69, 9.17) is 27.9 Å². The molecular formula is C21H15Cl2N3O2S2. The van der Waals surface area contributed by atoms with E-state index in [0.29, 0.717) is 16.4 Å². The van der Waals surface area contributed by atoms with Crippen molar-refractivity contribution >= 4 is 68.1 Å². The highest BCUT2D eigenvalue weighted by molar-refractivity contribution is 8.00. The predicted molar refractivity (Wildman–Crippen MR) is 124 cm³/mol. The number of carbonyl (C=O) groups is 1. The summed E-state index contributed by atoms with van der Waals surface area (Å²) in [5.74, 6) is 0.717. The predicted octanol–water partition coefficient (Wildman–Crippen LogP) is 6.55. The van der Waals surface area contributed by atoms with Crippen LogP contribution in [0.5, 0.6) is 5.75 Å². The molecule has 0 saturated heterocycles. The van der Waals surface area contributed by atoms with Crippen molar-refractivity contribution in [1.29, 1.82) is 0 Å². The third-order valence-electron chi connectivity index (χ3n) is 4.32. The summed E-state index contributed by atoms with van der Waals surface area (Å²) in [4.78, 5) is 12.5. The summed E-state index contributed by atoms with van der Waals surface area (Å²) in [5.41, 5.74) is 1.53. The number of thioether (sulfide) groups is 1. The van der Waals surface area contributed by atoms with Gasteiger partial charge in [0, 0.05) is 11.3 Å². The summed E-state index contributed by atoms with van der Waals surface area (Å²) < 4.78 is 5.87. The molecule has 1 aromatic heterocycles. The summed E-state index contributed by atoms with van der Waals surface area (Å²) in [6.07, 6.45) is 0. The van der Waals surface area contributed by atoms with Crippen LogP contribution in [0.4, 0.5) is 5.13 Å². The largest absolute Gasteiger partial charge is 0.494 e. The Kier molecular flexibility index (Phi) is 6.43. The summed E-state index contributed by atoms with van der Waals surface area (Å²) in [7, 11) is 1.46. The average Bonchev–Trinajstić information content (AvgIpc) is 3.19. The molecule has 9 heteroatoms. The number of ether oxygens (including phenoxy) is 1. The summed E-state index contributed by atoms with van der Waals surface area (Å²) in [6, 6.07) is 17.5. The Labute approximate surface area is 191 Å². The minimum atomic E-state index is -0.372. The number of anilines is 1. The van der Waals surface area contributed by atoms with Crippen molar-refractivity contribution in [2.45, 2.75) is 10.1 Å². The molecule has 0 aliphatic carbocycles. The SMILES string of the molecule is COc1c(Cl)cc(C(=O)Nc2nnc(SCc3cccc4ccccc34)s2)cc1Cl. The van der Waals surface area contributed by atoms with Gasteiger partial charge in [0.05, 0.1) is 17.2 Å². The van der Waals surface area contributed by atoms with E-state index < -0.39 is 0 Å². The molecule has 0 atom stereocenters. The molecule has 30 heavy (non-hydrogen) atoms. The Bertz CT molecular complexity index is 1200. The van der Waals surface area contributed by atoms with Gasteiger partial charge in [0.1, 0.15) is 0 Å². The van der Waals surface area contributed by atoms with Crippen LogP contribution < -0.4 is 10.1 Å². The van der Waals surface area contributed by atoms with Crippen LogP contribution in [-0.2, 0) is 5.75 Å². The van der Waals surface area contributed by atoms with Crippen molar-refractivity contribution in [3.8, 4) is 5.75 Å². The summed E-state index contributed by atoms with van der Waals surface area (Å²) >= 11 is 15.1. The van der Waals surface area contributed by atoms with E-state index in [0.717, 1.165) is 10.1 Å². The second-order valence-electron chi connectivity index (χ2n) is 6.23. The van der Waals surface area contributed by atoms with Crippen molar-refractivity contribution in [1.82, 2.24) is 10.2 Å². The fourth-order valence-corrected chi connectivity index (χ4v) is 5.32. The Morgan fingerprint density at radius 3 is 2.60 bits per heavy atom. The van der Waals surface area contributed by atoms with Gasteiger partial charge in [-0.05, 0) is 28.5 Å². The molecule has 0 aliphatic rings. The standard InChI is InChI=1S/C21H15Cl2N3O2S2/c1-28-18-16(22)9-14(10-17(18)23)19(27)24-20-25-26-21(30-20)29-11-13-7-4-6-12-5-2-3-8-15(12)13/h2-10H,11H2,1H3,(H,24,25,27). The number of aromatic nitrogens is 2. The third kappa shape index (κ3) is 4.54. The van der Waals surface area contributed by atoms with Crippen LogP contribution in [0.3, 0.4) is 0 Å². The molecule has 0 unspecified atom stereocenters. The normalized spacial score (nSPS) is 10.9. The maximum absolute atomic E-state index is 12.5. The second-order valence-corrected chi connectivity index (χ2v) is 9.24. The quantitative estimate of drug-likeness (QED) is 0.253. The topological polar surface area (TPSA) is 64.1 Å². The molecule has 0 radical (unpaired) electrons. The molecule has 0 aliphatic heterocycles. The highest BCUT2D eigenvalue weighted by atomic mass is 35.5. The number of carbonyl (C=O) groups excluding carboxylic acids is 1. The number of halogens is 2. The van der Waals surface area contributed by atoms with Gasteiger partial charge in [-0.3, -0.25) is 10.1 Å². The first-order valence-electron chi connectivity index (χ1n) is 8.82. The molecule has 5 nitrogen and oxygen atoms in total. The molecule has 1 amide bonds. The maximum atomic E-state index is 12.5. The van der Waals surface area contributed by atoms with Gasteiger partial charge < -0.3 is 4.74 Å². The molecule has 1 heterocycles. The van der Waals surface area contributed by atoms with E-state index in [-0.39, 0.29) is 16.0 Å². The van der Waals surface area contributed by atoms with E-state index >= 15 is 0 Å². The highest BCUT2D eigenvalue weighted by Gasteiger charge is 2.15. The van der Waals surface area contributed by atoms with Gasteiger partial charge in [-0.25, -0.2) is 0 Å². The lowest BCUT2D eigenvalue weighted by Gasteiger charge is -2.08. The zero-order chi connectivity index (χ0) is 21.1. The molecule has 0 spiro atoms. The molecule has 0 bridgehead atoms. The second kappa shape index (κ2) is 9.22. The first-order valence-corrected chi connectivity index (χ1v) is 11.4. The molecular weight excluding hydrogens is 461 g/mol. The first-order chi connectivity index (χ1) is 14.5. The van der Waals surface area contributed by atoms with E-state index in [1.54, 1.807) is 11.8 Å². The lowest BCUT2D eigenvalue weighted by Crippen LogP contribution is -2.12. The van der Waals surface area contributed by atoms with Gasteiger partial charge in [-0.15, -0.1) is 10.2 Å². The molecule has 0 saturated carbocycles. The molecule has 152 valence electrons. The average molecular weight is 476 g/mol. The fourth-order valence-electron chi connectivity index (χ4n) is 2.93. The van der Waals surface area contributed by atoms with Crippen molar-refractivity contribution in [2.75, 3.05) is 12.4 Å². The van der Waals surface area contributed by atoms with Crippen molar-refractivity contribution < 1.29 is 9.53 Å². The number of methoxy groups -OCH3 is 1. The van der Waals surface area contributed by atoms with Crippen LogP contribution in [0.15, 0.2) is 58.9 Å². The Morgan fingerprint density at radius 2 is 1.83 bits per heavy atom. The number of hydrogen-bond acceptors (Lipinski definition) is 6. The zero-order valence-electron chi connectivity index (χ0n) is 15.7. The number of amides is 1. The van der Waals surface area contributed by atoms with Crippen molar-refractivity contribution in [3.63, 3.8) is 0 Å². The van der Waals surface area contributed by atoms with Crippen LogP contribution in [0.2, 0.25) is 10.0 Å². The Balaban J connectivity index is 1.44. The highest BCUT2D eigenvalue weighted by Crippen LogP contribution is 2.35. The van der Waals surface area contributed by atoms with E-state index in [9.17, 15) is 4.79 Å². The monoisotopic (exact) mass is 475 g/mol. The lowest BCUT2D eigenvalue weighted by atomic mass is 10.1. The van der Waals surface area contributed by atoms with E-state index in [2.05, 4.69) is 45.8 Å². The van der Waals surface area contributed by atoms with Gasteiger partial charge >= 0.3 is 0 Å². The van der Waals surface area contributed by atoms with Crippen LogP contribution in [-0.4, -0.2) is 23.2 Å². The summed E-state index contributed by atoms with van der Waals surface area (Å²) in [6.45, 7) is 0. The molecule has 4 aromatic rings. The van der Waals surface area contributed by atoms with Gasteiger partial charge in [-0.2, -0.15) is 0 Å². The molecule has 1 N–H and O–H groups in total. The van der Waals surface area contributed by atoms with Gasteiger partial charge in [0.15, 0.2) is 10.1 Å². The maximum Gasteiger partial charge on any atom is 0.257 e. The van der Waals surface area contributed by atoms with Gasteiger partial charge in [0.25, 0.3) is 5.91 Å². The Morgan fingerprint density at radius 1 is 1.10 bits per heavy atom. The van der Waals surface area contributed by atoms with Crippen LogP contribution >= 0.6 is 46.3 Å². The number of nitrogens with zero attached hydrogens (tertiary/aromatic N) is 2. The molecule has 4 rings (SSSR count). The number of nitrogens with one attached hydrogen (secondary N) is 1. The van der Waals surface area contributed by atoms with E-state index in [1.165, 1.54) is 46.9 Å². The van der Waals surface area contributed by atoms with Crippen LogP contribution in [0.25, 0.3) is 10.8 Å². The smallest absolute Gasteiger partial charge is 0.257 e. The van der Waals surface area contributed by atoms with E-state index in [1.807, 2.05) is 12.1 Å². The van der Waals surface area contributed by atoms with Crippen molar-refractivity contribution in [2.24, 2.45) is 0 Å². The van der Waals surface area contributed by atoms with Gasteiger partial charge in [-0.1, -0.05) is 88.8 Å². The number of benzene rings is 3. The number of fused-ring (bicyclic) bond motifs is 1. The van der Waals surface area contributed by atoms with Crippen LogP contribution in [0, 0.1) is 0 Å².